The number of fused-ring (bicyclic) bond motifs is 1. The number of nitrogens with two attached hydrogens (primary N) is 1. The summed E-state index contributed by atoms with van der Waals surface area (Å²) in [5.41, 5.74) is 9.80. The molecule has 3 atom stereocenters. The van der Waals surface area contributed by atoms with Crippen LogP contribution in [-0.4, -0.2) is 56.9 Å². The van der Waals surface area contributed by atoms with Crippen LogP contribution >= 0.6 is 11.3 Å². The van der Waals surface area contributed by atoms with Crippen LogP contribution in [0.2, 0.25) is 0 Å². The first-order valence-corrected chi connectivity index (χ1v) is 13.8. The van der Waals surface area contributed by atoms with E-state index in [0.717, 1.165) is 40.5 Å². The highest BCUT2D eigenvalue weighted by molar-refractivity contribution is 7.99. The molecule has 3 unspecified atom stereocenters. The second kappa shape index (κ2) is 9.09. The third-order valence-electron chi connectivity index (χ3n) is 6.21. The Kier molecular flexibility index (Phi) is 6.13. The molecule has 1 aromatic carbocycles. The van der Waals surface area contributed by atoms with E-state index in [-0.39, 0.29) is 17.1 Å². The molecule has 34 heavy (non-hydrogen) atoms. The average Bonchev–Trinajstić information content (AvgIpc) is 3.40. The molecule has 2 aromatic rings. The number of nitrogens with one attached hydrogen (secondary N) is 1. The van der Waals surface area contributed by atoms with Gasteiger partial charge in [-0.3, -0.25) is 14.2 Å². The number of amidine groups is 1. The zero-order valence-electron chi connectivity index (χ0n) is 18.9. The molecular weight excluding hydrogens is 471 g/mol. The predicted octanol–water partition coefficient (Wildman–Crippen LogP) is 3.04. The zero-order chi connectivity index (χ0) is 23.9. The van der Waals surface area contributed by atoms with Crippen LogP contribution in [0.25, 0.3) is 0 Å². The molecular formula is C24H27FN6OS2. The lowest BCUT2D eigenvalue weighted by molar-refractivity contribution is 0.522. The molecule has 3 heterocycles. The van der Waals surface area contributed by atoms with Gasteiger partial charge in [-0.2, -0.15) is 0 Å². The molecule has 1 saturated heterocycles. The highest BCUT2D eigenvalue weighted by atomic mass is 32.2. The second-order valence-electron chi connectivity index (χ2n) is 8.69. The van der Waals surface area contributed by atoms with E-state index in [1.807, 2.05) is 5.38 Å². The van der Waals surface area contributed by atoms with Gasteiger partial charge in [0.1, 0.15) is 11.9 Å². The minimum absolute atomic E-state index is 0.0691. The Hall–Kier alpha value is -2.82. The summed E-state index contributed by atoms with van der Waals surface area (Å²) in [5.74, 6) is 4.43. The number of aliphatic imine (C=N–C) groups is 2. The number of allylic oxidation sites excluding steroid dienone is 1. The number of hydrogen-bond donors (Lipinski definition) is 2. The number of nitrogens with zero attached hydrogens (tertiary/aromatic N) is 4. The first kappa shape index (κ1) is 22.9. The van der Waals surface area contributed by atoms with Gasteiger partial charge in [0, 0.05) is 75.8 Å². The number of rotatable bonds is 7. The largest absolute Gasteiger partial charge is 0.398 e. The molecule has 178 valence electrons. The fraction of sp³-hybridized carbons (Fsp3) is 0.333. The molecule has 0 amide bonds. The van der Waals surface area contributed by atoms with Crippen LogP contribution < -0.4 is 10.5 Å². The van der Waals surface area contributed by atoms with Crippen molar-refractivity contribution in [3.63, 3.8) is 0 Å². The first-order chi connectivity index (χ1) is 16.4. The van der Waals surface area contributed by atoms with E-state index >= 15 is 0 Å². The summed E-state index contributed by atoms with van der Waals surface area (Å²) < 4.78 is 30.2. The van der Waals surface area contributed by atoms with E-state index in [1.165, 1.54) is 23.5 Å². The van der Waals surface area contributed by atoms with Crippen molar-refractivity contribution in [2.24, 2.45) is 15.7 Å². The molecule has 2 fully saturated rings. The van der Waals surface area contributed by atoms with Crippen LogP contribution in [0.3, 0.4) is 0 Å². The van der Waals surface area contributed by atoms with Gasteiger partial charge >= 0.3 is 0 Å². The predicted molar refractivity (Wildman–Crippen MR) is 138 cm³/mol. The fourth-order valence-corrected chi connectivity index (χ4v) is 6.94. The van der Waals surface area contributed by atoms with E-state index in [4.69, 9.17) is 10.7 Å². The van der Waals surface area contributed by atoms with Crippen molar-refractivity contribution in [2.75, 3.05) is 13.6 Å². The zero-order valence-corrected chi connectivity index (χ0v) is 20.5. The maximum Gasteiger partial charge on any atom is 0.165 e. The Bertz CT molecular complexity index is 1290. The Balaban J connectivity index is 1.62. The summed E-state index contributed by atoms with van der Waals surface area (Å²) in [4.78, 5) is 15.8. The summed E-state index contributed by atoms with van der Waals surface area (Å²) >= 11 is 1.51. The molecule has 3 aliphatic rings. The van der Waals surface area contributed by atoms with Crippen LogP contribution in [0.4, 0.5) is 4.39 Å². The number of thiazole rings is 1. The van der Waals surface area contributed by atoms with Gasteiger partial charge in [-0.05, 0) is 42.5 Å². The second-order valence-corrected chi connectivity index (χ2v) is 11.9. The summed E-state index contributed by atoms with van der Waals surface area (Å²) in [6, 6.07) is 5.84. The highest BCUT2D eigenvalue weighted by Crippen LogP contribution is 2.42. The molecule has 0 bridgehead atoms. The molecule has 3 N–H and O–H groups in total. The third kappa shape index (κ3) is 4.45. The van der Waals surface area contributed by atoms with Gasteiger partial charge < -0.3 is 10.6 Å². The highest BCUT2D eigenvalue weighted by Gasteiger charge is 2.41. The van der Waals surface area contributed by atoms with Gasteiger partial charge in [0.2, 0.25) is 0 Å². The van der Waals surface area contributed by atoms with Crippen molar-refractivity contribution in [2.45, 2.75) is 36.6 Å². The maximum atomic E-state index is 13.7. The standard InChI is InChI=1S/C24H27FN6OS2/c1-27-10-9-19(26)21-20-13-17(30-34(2,32)18-7-8-18)14-31(20)23(24-28-11-12-33-24)29-22(21)15-3-5-16(25)6-4-15/h3-6,9-12,17-18,22H,2,7-8,13-14,26H2,1H3,(H,30,32). The van der Waals surface area contributed by atoms with E-state index in [0.29, 0.717) is 18.7 Å². The van der Waals surface area contributed by atoms with Crippen LogP contribution in [0.15, 0.2) is 68.9 Å². The summed E-state index contributed by atoms with van der Waals surface area (Å²) in [5, 5.41) is 2.85. The Labute approximate surface area is 203 Å². The molecule has 0 radical (unpaired) electrons. The Morgan fingerprint density at radius 1 is 1.38 bits per heavy atom. The lowest BCUT2D eigenvalue weighted by Crippen LogP contribution is -2.40. The SMILES string of the molecule is C=S(=O)(NC1CC2=C(C(N)=CC=NC)C(c3ccc(F)cc3)N=C(c3nccs3)N2C1)C1CC1. The lowest BCUT2D eigenvalue weighted by Gasteiger charge is -2.32. The molecule has 1 saturated carbocycles. The summed E-state index contributed by atoms with van der Waals surface area (Å²) in [6.07, 6.45) is 7.68. The number of aromatic nitrogens is 1. The van der Waals surface area contributed by atoms with Crippen molar-refractivity contribution in [1.29, 1.82) is 0 Å². The van der Waals surface area contributed by atoms with Crippen molar-refractivity contribution >= 4 is 39.0 Å². The maximum absolute atomic E-state index is 13.7. The fourth-order valence-electron chi connectivity index (χ4n) is 4.49. The summed E-state index contributed by atoms with van der Waals surface area (Å²) in [6.45, 7) is 0.585. The van der Waals surface area contributed by atoms with Gasteiger partial charge in [0.15, 0.2) is 10.8 Å². The molecule has 10 heteroatoms. The van der Waals surface area contributed by atoms with E-state index < -0.39 is 15.7 Å². The molecule has 2 aliphatic heterocycles. The van der Waals surface area contributed by atoms with Crippen LogP contribution in [0.1, 0.15) is 35.9 Å². The first-order valence-electron chi connectivity index (χ1n) is 11.1. The quantitative estimate of drug-likeness (QED) is 0.453. The Morgan fingerprint density at radius 2 is 2.15 bits per heavy atom. The van der Waals surface area contributed by atoms with E-state index in [1.54, 1.807) is 37.7 Å². The van der Waals surface area contributed by atoms with Crippen molar-refractivity contribution in [1.82, 2.24) is 14.6 Å². The van der Waals surface area contributed by atoms with Crippen molar-refractivity contribution in [3.8, 4) is 0 Å². The van der Waals surface area contributed by atoms with E-state index in [9.17, 15) is 8.60 Å². The van der Waals surface area contributed by atoms with Crippen molar-refractivity contribution in [3.05, 3.63) is 75.3 Å². The Morgan fingerprint density at radius 3 is 2.79 bits per heavy atom. The van der Waals surface area contributed by atoms with Gasteiger partial charge in [-0.15, -0.1) is 11.3 Å². The summed E-state index contributed by atoms with van der Waals surface area (Å²) in [7, 11) is -0.684. The minimum Gasteiger partial charge on any atom is -0.398 e. The smallest absolute Gasteiger partial charge is 0.165 e. The number of halogens is 1. The number of hydrogen-bond acceptors (Lipinski definition) is 7. The minimum atomic E-state index is -2.37. The average molecular weight is 499 g/mol. The molecule has 1 aromatic heterocycles. The molecule has 0 spiro atoms. The van der Waals surface area contributed by atoms with Gasteiger partial charge in [0.25, 0.3) is 0 Å². The van der Waals surface area contributed by atoms with E-state index in [2.05, 4.69) is 25.5 Å². The third-order valence-corrected chi connectivity index (χ3v) is 9.26. The van der Waals surface area contributed by atoms with Gasteiger partial charge in [-0.25, -0.2) is 14.1 Å². The van der Waals surface area contributed by atoms with Crippen LogP contribution in [0.5, 0.6) is 0 Å². The van der Waals surface area contributed by atoms with Crippen molar-refractivity contribution < 1.29 is 8.60 Å². The molecule has 5 rings (SSSR count). The van der Waals surface area contributed by atoms with Gasteiger partial charge in [-0.1, -0.05) is 12.1 Å². The lowest BCUT2D eigenvalue weighted by atomic mass is 9.92. The van der Waals surface area contributed by atoms with Crippen LogP contribution in [0, 0.1) is 5.82 Å². The monoisotopic (exact) mass is 498 g/mol. The number of benzene rings is 1. The van der Waals surface area contributed by atoms with Crippen LogP contribution in [-0.2, 0) is 9.71 Å². The normalized spacial score (nSPS) is 24.9. The van der Waals surface area contributed by atoms with Gasteiger partial charge in [0.05, 0.1) is 0 Å². The topological polar surface area (TPSA) is 96.0 Å². The molecule has 1 aliphatic carbocycles. The molecule has 7 nitrogen and oxygen atoms in total.